The molecule has 0 bridgehead atoms. The van der Waals surface area contributed by atoms with Gasteiger partial charge in [0.25, 0.3) is 0 Å². The highest BCUT2D eigenvalue weighted by atomic mass is 32.1. The molecule has 0 aliphatic carbocycles. The van der Waals surface area contributed by atoms with Gasteiger partial charge >= 0.3 is 5.97 Å². The van der Waals surface area contributed by atoms with Crippen LogP contribution in [0.25, 0.3) is 0 Å². The van der Waals surface area contributed by atoms with Crippen LogP contribution >= 0.6 is 12.2 Å². The number of pyridine rings is 1. The third-order valence-electron chi connectivity index (χ3n) is 4.54. The molecule has 8 heteroatoms. The number of carbonyl (C=O) groups excluding carboxylic acids is 1. The Morgan fingerprint density at radius 3 is 2.90 bits per heavy atom. The first-order chi connectivity index (χ1) is 14.2. The normalized spacial score (nSPS) is 11.8. The standard InChI is InChI=1S/C21H25N3O4S/c1-26-20(25)7-3-2-4-11-23-21(29)24(14-16-6-5-10-22-13-16)17-8-9-18-19(12-17)28-15-27-18/h5-6,8-10,12-13H,2-4,7,11,14-15H2,1H3,(H,23,29). The lowest BCUT2D eigenvalue weighted by atomic mass is 10.2. The van der Waals surface area contributed by atoms with Crippen LogP contribution in [0.3, 0.4) is 0 Å². The smallest absolute Gasteiger partial charge is 0.305 e. The predicted molar refractivity (Wildman–Crippen MR) is 114 cm³/mol. The Hall–Kier alpha value is -2.87. The molecule has 3 rings (SSSR count). The maximum atomic E-state index is 11.2. The van der Waals surface area contributed by atoms with Gasteiger partial charge in [0.05, 0.1) is 13.7 Å². The molecule has 0 radical (unpaired) electrons. The van der Waals surface area contributed by atoms with E-state index in [1.165, 1.54) is 7.11 Å². The number of unbranched alkanes of at least 4 members (excludes halogenated alkanes) is 2. The van der Waals surface area contributed by atoms with E-state index in [0.717, 1.165) is 42.8 Å². The lowest BCUT2D eigenvalue weighted by Gasteiger charge is -2.26. The van der Waals surface area contributed by atoms with Crippen LogP contribution in [0.1, 0.15) is 31.2 Å². The summed E-state index contributed by atoms with van der Waals surface area (Å²) in [6.45, 7) is 1.55. The van der Waals surface area contributed by atoms with Gasteiger partial charge in [-0.05, 0) is 48.8 Å². The molecule has 2 aromatic rings. The molecule has 1 aromatic heterocycles. The molecule has 29 heavy (non-hydrogen) atoms. The lowest BCUT2D eigenvalue weighted by Crippen LogP contribution is -2.39. The van der Waals surface area contributed by atoms with E-state index in [2.05, 4.69) is 15.0 Å². The minimum atomic E-state index is -0.168. The first-order valence-corrected chi connectivity index (χ1v) is 9.99. The number of esters is 1. The van der Waals surface area contributed by atoms with Gasteiger partial charge in [0.15, 0.2) is 16.6 Å². The molecule has 1 aliphatic heterocycles. The van der Waals surface area contributed by atoms with Gasteiger partial charge in [-0.3, -0.25) is 9.78 Å². The Labute approximate surface area is 176 Å². The van der Waals surface area contributed by atoms with Crippen LogP contribution < -0.4 is 19.7 Å². The largest absolute Gasteiger partial charge is 0.469 e. The van der Waals surface area contributed by atoms with Crippen LogP contribution in [0.5, 0.6) is 11.5 Å². The van der Waals surface area contributed by atoms with E-state index in [1.807, 2.05) is 41.4 Å². The number of fused-ring (bicyclic) bond motifs is 1. The van der Waals surface area contributed by atoms with Crippen molar-refractivity contribution in [3.8, 4) is 11.5 Å². The molecule has 0 amide bonds. The van der Waals surface area contributed by atoms with Crippen molar-refractivity contribution < 1.29 is 19.0 Å². The number of hydrogen-bond acceptors (Lipinski definition) is 6. The second-order valence-electron chi connectivity index (χ2n) is 6.60. The number of aromatic nitrogens is 1. The number of anilines is 1. The van der Waals surface area contributed by atoms with Gasteiger partial charge in [0.1, 0.15) is 0 Å². The van der Waals surface area contributed by atoms with Crippen molar-refractivity contribution in [2.24, 2.45) is 0 Å². The molecule has 0 atom stereocenters. The van der Waals surface area contributed by atoms with Crippen molar-refractivity contribution in [1.29, 1.82) is 0 Å². The number of thiocarbonyl (C=S) groups is 1. The zero-order chi connectivity index (χ0) is 20.5. The summed E-state index contributed by atoms with van der Waals surface area (Å²) in [5, 5.41) is 3.95. The number of carbonyl (C=O) groups is 1. The van der Waals surface area contributed by atoms with E-state index in [0.29, 0.717) is 23.8 Å². The SMILES string of the molecule is COC(=O)CCCCCNC(=S)N(Cc1cccnc1)c1ccc2c(c1)OCO2. The summed E-state index contributed by atoms with van der Waals surface area (Å²) in [7, 11) is 1.41. The third-order valence-corrected chi connectivity index (χ3v) is 4.90. The summed E-state index contributed by atoms with van der Waals surface area (Å²) in [5.41, 5.74) is 1.97. The molecule has 0 saturated heterocycles. The van der Waals surface area contributed by atoms with Crippen molar-refractivity contribution in [2.75, 3.05) is 25.3 Å². The number of methoxy groups -OCH3 is 1. The summed E-state index contributed by atoms with van der Waals surface area (Å²) in [4.78, 5) is 17.4. The fourth-order valence-corrected chi connectivity index (χ4v) is 3.24. The topological polar surface area (TPSA) is 72.9 Å². The first kappa shape index (κ1) is 20.9. The fourth-order valence-electron chi connectivity index (χ4n) is 2.97. The molecule has 1 aliphatic rings. The number of nitrogens with zero attached hydrogens (tertiary/aromatic N) is 2. The minimum Gasteiger partial charge on any atom is -0.469 e. The van der Waals surface area contributed by atoms with Gasteiger partial charge in [-0.15, -0.1) is 0 Å². The molecule has 0 saturated carbocycles. The number of rotatable bonds is 9. The summed E-state index contributed by atoms with van der Waals surface area (Å²) < 4.78 is 15.6. The minimum absolute atomic E-state index is 0.168. The van der Waals surface area contributed by atoms with Gasteiger partial charge in [0.2, 0.25) is 6.79 Å². The van der Waals surface area contributed by atoms with E-state index in [1.54, 1.807) is 6.20 Å². The number of nitrogens with one attached hydrogen (secondary N) is 1. The Morgan fingerprint density at radius 1 is 1.24 bits per heavy atom. The van der Waals surface area contributed by atoms with Gasteiger partial charge in [0, 0.05) is 37.1 Å². The third kappa shape index (κ3) is 6.05. The van der Waals surface area contributed by atoms with E-state index in [-0.39, 0.29) is 12.8 Å². The second-order valence-corrected chi connectivity index (χ2v) is 6.99. The van der Waals surface area contributed by atoms with Gasteiger partial charge in [-0.25, -0.2) is 0 Å². The van der Waals surface area contributed by atoms with Gasteiger partial charge in [-0.1, -0.05) is 12.5 Å². The van der Waals surface area contributed by atoms with Crippen LogP contribution in [0.2, 0.25) is 0 Å². The Kier molecular flexibility index (Phi) is 7.63. The fraction of sp³-hybridized carbons (Fsp3) is 0.381. The lowest BCUT2D eigenvalue weighted by molar-refractivity contribution is -0.140. The number of benzene rings is 1. The van der Waals surface area contributed by atoms with E-state index >= 15 is 0 Å². The maximum Gasteiger partial charge on any atom is 0.305 e. The van der Waals surface area contributed by atoms with Crippen molar-refractivity contribution in [2.45, 2.75) is 32.2 Å². The summed E-state index contributed by atoms with van der Waals surface area (Å²) in [6.07, 6.45) is 6.68. The number of ether oxygens (including phenoxy) is 3. The zero-order valence-corrected chi connectivity index (χ0v) is 17.2. The van der Waals surface area contributed by atoms with Crippen LogP contribution in [0, 0.1) is 0 Å². The summed E-state index contributed by atoms with van der Waals surface area (Å²) in [6, 6.07) is 9.72. The highest BCUT2D eigenvalue weighted by Gasteiger charge is 2.18. The molecule has 7 nitrogen and oxygen atoms in total. The maximum absolute atomic E-state index is 11.2. The van der Waals surface area contributed by atoms with E-state index in [4.69, 9.17) is 21.7 Å². The van der Waals surface area contributed by atoms with E-state index in [9.17, 15) is 4.79 Å². The predicted octanol–water partition coefficient (Wildman–Crippen LogP) is 3.42. The highest BCUT2D eigenvalue weighted by molar-refractivity contribution is 7.80. The molecule has 154 valence electrons. The van der Waals surface area contributed by atoms with Crippen molar-refractivity contribution in [1.82, 2.24) is 10.3 Å². The molecule has 1 aromatic carbocycles. The Balaban J connectivity index is 1.60. The molecular formula is C21H25N3O4S. The van der Waals surface area contributed by atoms with Crippen LogP contribution in [-0.4, -0.2) is 36.5 Å². The second kappa shape index (κ2) is 10.6. The average molecular weight is 416 g/mol. The summed E-state index contributed by atoms with van der Waals surface area (Å²) >= 11 is 5.67. The zero-order valence-electron chi connectivity index (χ0n) is 16.4. The van der Waals surface area contributed by atoms with E-state index < -0.39 is 0 Å². The van der Waals surface area contributed by atoms with Crippen molar-refractivity contribution in [3.05, 3.63) is 48.3 Å². The molecule has 1 N–H and O–H groups in total. The molecule has 0 fully saturated rings. The molecule has 2 heterocycles. The number of hydrogen-bond donors (Lipinski definition) is 1. The first-order valence-electron chi connectivity index (χ1n) is 9.58. The molecular weight excluding hydrogens is 390 g/mol. The van der Waals surface area contributed by atoms with Gasteiger partial charge in [-0.2, -0.15) is 0 Å². The van der Waals surface area contributed by atoms with Crippen LogP contribution in [0.4, 0.5) is 5.69 Å². The Morgan fingerprint density at radius 2 is 2.10 bits per heavy atom. The average Bonchev–Trinajstić information content (AvgIpc) is 3.22. The van der Waals surface area contributed by atoms with Gasteiger partial charge < -0.3 is 24.4 Å². The molecule has 0 unspecified atom stereocenters. The quantitative estimate of drug-likeness (QED) is 0.379. The summed E-state index contributed by atoms with van der Waals surface area (Å²) in [5.74, 6) is 1.28. The highest BCUT2D eigenvalue weighted by Crippen LogP contribution is 2.35. The van der Waals surface area contributed by atoms with Crippen LogP contribution in [-0.2, 0) is 16.1 Å². The van der Waals surface area contributed by atoms with Crippen molar-refractivity contribution in [3.63, 3.8) is 0 Å². The Bertz CT molecular complexity index is 832. The van der Waals surface area contributed by atoms with Crippen molar-refractivity contribution >= 4 is 29.0 Å². The monoisotopic (exact) mass is 415 g/mol. The molecule has 0 spiro atoms. The van der Waals surface area contributed by atoms with Crippen LogP contribution in [0.15, 0.2) is 42.7 Å².